The molecule has 1 heterocycles. The minimum absolute atomic E-state index is 0.134. The van der Waals surface area contributed by atoms with Crippen LogP contribution in [0.3, 0.4) is 0 Å². The molecule has 1 amide bonds. The first-order chi connectivity index (χ1) is 12.1. The van der Waals surface area contributed by atoms with Crippen LogP contribution in [0.15, 0.2) is 64.2 Å². The van der Waals surface area contributed by atoms with E-state index in [1.807, 2.05) is 54.6 Å². The second kappa shape index (κ2) is 7.40. The summed E-state index contributed by atoms with van der Waals surface area (Å²) in [5, 5.41) is 6.03. The van der Waals surface area contributed by atoms with Gasteiger partial charge in [0.15, 0.2) is 0 Å². The van der Waals surface area contributed by atoms with Gasteiger partial charge in [-0.15, -0.1) is 5.10 Å². The van der Waals surface area contributed by atoms with E-state index >= 15 is 0 Å². The van der Waals surface area contributed by atoms with E-state index in [9.17, 15) is 4.79 Å². The maximum Gasteiger partial charge on any atom is 0.243 e. The van der Waals surface area contributed by atoms with E-state index in [0.29, 0.717) is 12.3 Å². The third kappa shape index (κ3) is 3.47. The second-order valence-electron chi connectivity index (χ2n) is 6.10. The fourth-order valence-corrected chi connectivity index (χ4v) is 3.45. The zero-order valence-electron chi connectivity index (χ0n) is 14.4. The number of hydrogen-bond acceptors (Lipinski definition) is 3. The van der Waals surface area contributed by atoms with Crippen molar-refractivity contribution in [1.29, 1.82) is 0 Å². The molecule has 0 spiro atoms. The van der Waals surface area contributed by atoms with Crippen molar-refractivity contribution in [3.8, 4) is 0 Å². The number of carbonyl (C=O) groups is 1. The highest BCUT2D eigenvalue weighted by molar-refractivity contribution is 9.10. The number of hydrazone groups is 1. The van der Waals surface area contributed by atoms with Crippen LogP contribution < -0.4 is 0 Å². The Morgan fingerprint density at radius 1 is 1.20 bits per heavy atom. The van der Waals surface area contributed by atoms with Gasteiger partial charge in [0, 0.05) is 28.9 Å². The molecule has 4 nitrogen and oxygen atoms in total. The first kappa shape index (κ1) is 17.7. The van der Waals surface area contributed by atoms with Gasteiger partial charge in [0.05, 0.1) is 0 Å². The van der Waals surface area contributed by atoms with Crippen LogP contribution in [-0.2, 0) is 15.3 Å². The second-order valence-corrected chi connectivity index (χ2v) is 7.02. The van der Waals surface area contributed by atoms with Gasteiger partial charge >= 0.3 is 0 Å². The van der Waals surface area contributed by atoms with Gasteiger partial charge in [0.2, 0.25) is 17.5 Å². The van der Waals surface area contributed by atoms with Crippen LogP contribution in [0.25, 0.3) is 0 Å². The Kier molecular flexibility index (Phi) is 5.23. The number of unbranched alkanes of at least 4 members (excludes halogenated alkanes) is 1. The van der Waals surface area contributed by atoms with E-state index in [-0.39, 0.29) is 5.91 Å². The SMILES string of the molecule is CCCC[C@@]1(c2ccccc2)OC(c2cccc(Br)c2)=NN1C(C)=O. The first-order valence-electron chi connectivity index (χ1n) is 8.46. The summed E-state index contributed by atoms with van der Waals surface area (Å²) >= 11 is 3.48. The molecule has 0 radical (unpaired) electrons. The molecule has 2 aromatic carbocycles. The maximum absolute atomic E-state index is 12.4. The van der Waals surface area contributed by atoms with Crippen molar-refractivity contribution >= 4 is 27.7 Å². The van der Waals surface area contributed by atoms with E-state index in [2.05, 4.69) is 28.0 Å². The van der Waals surface area contributed by atoms with Crippen molar-refractivity contribution in [2.45, 2.75) is 38.8 Å². The highest BCUT2D eigenvalue weighted by Crippen LogP contribution is 2.41. The van der Waals surface area contributed by atoms with E-state index in [1.165, 1.54) is 11.9 Å². The predicted molar refractivity (Wildman–Crippen MR) is 102 cm³/mol. The molecule has 5 heteroatoms. The maximum atomic E-state index is 12.4. The number of carbonyl (C=O) groups excluding carboxylic acids is 1. The molecule has 0 aliphatic carbocycles. The molecule has 3 rings (SSSR count). The van der Waals surface area contributed by atoms with Crippen LogP contribution in [0.2, 0.25) is 0 Å². The molecule has 0 saturated carbocycles. The minimum Gasteiger partial charge on any atom is -0.443 e. The van der Waals surface area contributed by atoms with Gasteiger partial charge in [-0.1, -0.05) is 65.7 Å². The van der Waals surface area contributed by atoms with Crippen LogP contribution in [0, 0.1) is 0 Å². The predicted octanol–water partition coefficient (Wildman–Crippen LogP) is 5.03. The van der Waals surface area contributed by atoms with Gasteiger partial charge in [-0.25, -0.2) is 0 Å². The molecule has 1 atom stereocenters. The Bertz CT molecular complexity index is 791. The van der Waals surface area contributed by atoms with E-state index in [0.717, 1.165) is 28.4 Å². The van der Waals surface area contributed by atoms with E-state index < -0.39 is 5.72 Å². The number of rotatable bonds is 5. The van der Waals surface area contributed by atoms with Crippen LogP contribution in [0.1, 0.15) is 44.2 Å². The zero-order valence-corrected chi connectivity index (χ0v) is 16.0. The van der Waals surface area contributed by atoms with Gasteiger partial charge in [-0.05, 0) is 24.6 Å². The lowest BCUT2D eigenvalue weighted by molar-refractivity contribution is -0.150. The van der Waals surface area contributed by atoms with Gasteiger partial charge < -0.3 is 4.74 Å². The lowest BCUT2D eigenvalue weighted by atomic mass is 9.95. The van der Waals surface area contributed by atoms with Crippen molar-refractivity contribution in [1.82, 2.24) is 5.01 Å². The molecule has 0 fully saturated rings. The van der Waals surface area contributed by atoms with Crippen molar-refractivity contribution < 1.29 is 9.53 Å². The van der Waals surface area contributed by atoms with Gasteiger partial charge in [0.25, 0.3) is 0 Å². The molecule has 0 unspecified atom stereocenters. The molecule has 130 valence electrons. The highest BCUT2D eigenvalue weighted by atomic mass is 79.9. The van der Waals surface area contributed by atoms with Crippen LogP contribution in [0.4, 0.5) is 0 Å². The first-order valence-corrected chi connectivity index (χ1v) is 9.26. The normalized spacial score (nSPS) is 19.5. The van der Waals surface area contributed by atoms with Crippen molar-refractivity contribution in [2.24, 2.45) is 5.10 Å². The smallest absolute Gasteiger partial charge is 0.243 e. The van der Waals surface area contributed by atoms with Crippen LogP contribution in [0.5, 0.6) is 0 Å². The third-order valence-electron chi connectivity index (χ3n) is 4.26. The Morgan fingerprint density at radius 2 is 1.96 bits per heavy atom. The number of nitrogens with zero attached hydrogens (tertiary/aromatic N) is 2. The molecule has 0 saturated heterocycles. The number of halogens is 1. The molecule has 0 aromatic heterocycles. The summed E-state index contributed by atoms with van der Waals surface area (Å²) in [5.41, 5.74) is 0.892. The fraction of sp³-hybridized carbons (Fsp3) is 0.300. The minimum atomic E-state index is -0.888. The number of ether oxygens (including phenoxy) is 1. The van der Waals surface area contributed by atoms with Crippen molar-refractivity contribution in [2.75, 3.05) is 0 Å². The van der Waals surface area contributed by atoms with Crippen molar-refractivity contribution in [3.63, 3.8) is 0 Å². The quantitative estimate of drug-likeness (QED) is 0.705. The molecule has 1 aliphatic rings. The average Bonchev–Trinajstić information content (AvgIpc) is 3.02. The molecule has 1 aliphatic heterocycles. The lowest BCUT2D eigenvalue weighted by Crippen LogP contribution is -2.44. The molecular formula is C20H21BrN2O2. The highest BCUT2D eigenvalue weighted by Gasteiger charge is 2.48. The van der Waals surface area contributed by atoms with E-state index in [1.54, 1.807) is 0 Å². The van der Waals surface area contributed by atoms with Gasteiger partial charge in [-0.2, -0.15) is 5.01 Å². The molecule has 2 aromatic rings. The Morgan fingerprint density at radius 3 is 2.60 bits per heavy atom. The average molecular weight is 401 g/mol. The number of amides is 1. The van der Waals surface area contributed by atoms with E-state index in [4.69, 9.17) is 4.74 Å². The van der Waals surface area contributed by atoms with Crippen molar-refractivity contribution in [3.05, 3.63) is 70.2 Å². The summed E-state index contributed by atoms with van der Waals surface area (Å²) in [4.78, 5) is 12.4. The molecule has 0 N–H and O–H groups in total. The Balaban J connectivity index is 2.07. The molecule has 0 bridgehead atoms. The standard InChI is InChI=1S/C20H21BrN2O2/c1-3-4-13-20(17-10-6-5-7-11-17)23(15(2)24)22-19(25-20)16-9-8-12-18(21)14-16/h5-12,14H,3-4,13H2,1-2H3/t20-/m0/s1. The van der Waals surface area contributed by atoms with Gasteiger partial charge in [0.1, 0.15) is 0 Å². The summed E-state index contributed by atoms with van der Waals surface area (Å²) in [6.45, 7) is 3.65. The summed E-state index contributed by atoms with van der Waals surface area (Å²) in [6.07, 6.45) is 2.63. The summed E-state index contributed by atoms with van der Waals surface area (Å²) in [7, 11) is 0. The topological polar surface area (TPSA) is 41.9 Å². The summed E-state index contributed by atoms with van der Waals surface area (Å²) in [6, 6.07) is 17.6. The monoisotopic (exact) mass is 400 g/mol. The van der Waals surface area contributed by atoms with Gasteiger partial charge in [-0.3, -0.25) is 4.79 Å². The molecular weight excluding hydrogens is 380 g/mol. The lowest BCUT2D eigenvalue weighted by Gasteiger charge is -2.35. The summed E-state index contributed by atoms with van der Waals surface area (Å²) in [5.74, 6) is 0.335. The number of benzene rings is 2. The Hall–Kier alpha value is -2.14. The fourth-order valence-electron chi connectivity index (χ4n) is 3.06. The van der Waals surface area contributed by atoms with Crippen LogP contribution >= 0.6 is 15.9 Å². The summed E-state index contributed by atoms with van der Waals surface area (Å²) < 4.78 is 7.33. The largest absolute Gasteiger partial charge is 0.443 e. The number of hydrogen-bond donors (Lipinski definition) is 0. The van der Waals surface area contributed by atoms with Crippen LogP contribution in [-0.4, -0.2) is 16.8 Å². The third-order valence-corrected chi connectivity index (χ3v) is 4.76. The Labute approximate surface area is 156 Å². The molecule has 25 heavy (non-hydrogen) atoms. The zero-order chi connectivity index (χ0) is 17.9.